The van der Waals surface area contributed by atoms with Gasteiger partial charge in [-0.3, -0.25) is 5.32 Å². The quantitative estimate of drug-likeness (QED) is 0.585. The summed E-state index contributed by atoms with van der Waals surface area (Å²) < 4.78 is -1.68. The molecule has 0 rings (SSSR count). The second-order valence-electron chi connectivity index (χ2n) is 3.21. The Hall–Kier alpha value is 0.350. The maximum atomic E-state index is 9.32. The molecule has 0 aliphatic carbocycles. The van der Waals surface area contributed by atoms with Crippen LogP contribution in [0.25, 0.3) is 0 Å². The van der Waals surface area contributed by atoms with Crippen LogP contribution in [0.1, 0.15) is 13.8 Å². The summed E-state index contributed by atoms with van der Waals surface area (Å²) >= 11 is 16.3. The average molecular weight is 245 g/mol. The van der Waals surface area contributed by atoms with Crippen molar-refractivity contribution in [3.63, 3.8) is 0 Å². The molecule has 0 saturated carbocycles. The summed E-state index contributed by atoms with van der Waals surface area (Å²) in [6.45, 7) is 3.71. The Kier molecular flexibility index (Phi) is 4.85. The second kappa shape index (κ2) is 4.72. The summed E-state index contributed by atoms with van der Waals surface area (Å²) in [5, 5.41) is 12.2. The highest BCUT2D eigenvalue weighted by atomic mass is 35.6. The van der Waals surface area contributed by atoms with E-state index < -0.39 is 15.4 Å². The van der Waals surface area contributed by atoms with Gasteiger partial charge < -0.3 is 5.11 Å². The minimum absolute atomic E-state index is 0.133. The van der Waals surface area contributed by atoms with Gasteiger partial charge in [0.25, 0.3) is 0 Å². The molecule has 0 bridgehead atoms. The number of hydrogen-bond acceptors (Lipinski definition) is 2. The Labute approximate surface area is 93.5 Å². The van der Waals surface area contributed by atoms with Gasteiger partial charge in [0, 0.05) is 6.54 Å². The first-order valence-corrected chi connectivity index (χ1v) is 4.80. The van der Waals surface area contributed by atoms with E-state index in [4.69, 9.17) is 41.2 Å². The molecule has 5 heteroatoms. The molecule has 13 heavy (non-hydrogen) atoms. The van der Waals surface area contributed by atoms with Crippen LogP contribution in [0.15, 0.2) is 0 Å². The van der Waals surface area contributed by atoms with Crippen molar-refractivity contribution in [1.29, 1.82) is 0 Å². The molecule has 0 aliphatic rings. The molecule has 0 saturated heterocycles. The van der Waals surface area contributed by atoms with Crippen molar-refractivity contribution >= 4 is 34.8 Å². The molecule has 0 aliphatic heterocycles. The number of terminal acetylenes is 1. The van der Waals surface area contributed by atoms with Gasteiger partial charge in [-0.1, -0.05) is 40.7 Å². The van der Waals surface area contributed by atoms with Gasteiger partial charge in [0.05, 0.1) is 5.54 Å². The van der Waals surface area contributed by atoms with Crippen molar-refractivity contribution in [3.8, 4) is 12.3 Å². The standard InChI is InChI=1S/C8H12Cl3NO/c1-4-7(2,3)12-5-6(13)8(9,10)11/h1,6,12-13H,5H2,2-3H3. The van der Waals surface area contributed by atoms with Crippen molar-refractivity contribution in [2.75, 3.05) is 6.54 Å². The lowest BCUT2D eigenvalue weighted by atomic mass is 10.1. The van der Waals surface area contributed by atoms with E-state index in [1.54, 1.807) is 13.8 Å². The lowest BCUT2D eigenvalue weighted by molar-refractivity contribution is 0.168. The van der Waals surface area contributed by atoms with Crippen LogP contribution in [-0.2, 0) is 0 Å². The zero-order valence-corrected chi connectivity index (χ0v) is 9.71. The topological polar surface area (TPSA) is 32.3 Å². The SMILES string of the molecule is C#CC(C)(C)NCC(O)C(Cl)(Cl)Cl. The number of aliphatic hydroxyl groups is 1. The van der Waals surface area contributed by atoms with Gasteiger partial charge in [-0.2, -0.15) is 0 Å². The minimum Gasteiger partial charge on any atom is -0.387 e. The van der Waals surface area contributed by atoms with Crippen LogP contribution < -0.4 is 5.32 Å². The molecule has 0 aromatic carbocycles. The van der Waals surface area contributed by atoms with Crippen LogP contribution in [0.2, 0.25) is 0 Å². The summed E-state index contributed by atoms with van der Waals surface area (Å²) in [5.74, 6) is 2.50. The lowest BCUT2D eigenvalue weighted by Gasteiger charge is -2.25. The van der Waals surface area contributed by atoms with Crippen molar-refractivity contribution in [3.05, 3.63) is 0 Å². The third kappa shape index (κ3) is 5.61. The fourth-order valence-corrected chi connectivity index (χ4v) is 0.750. The van der Waals surface area contributed by atoms with Gasteiger partial charge in [0.2, 0.25) is 3.79 Å². The summed E-state index contributed by atoms with van der Waals surface area (Å²) in [5.41, 5.74) is -0.517. The fourth-order valence-electron chi connectivity index (χ4n) is 0.519. The van der Waals surface area contributed by atoms with E-state index in [0.29, 0.717) is 0 Å². The molecule has 2 nitrogen and oxygen atoms in total. The number of hydrogen-bond donors (Lipinski definition) is 2. The zero-order valence-electron chi connectivity index (χ0n) is 7.44. The fraction of sp³-hybridized carbons (Fsp3) is 0.750. The normalized spacial score (nSPS) is 15.2. The largest absolute Gasteiger partial charge is 0.387 e. The minimum atomic E-state index is -1.68. The van der Waals surface area contributed by atoms with Gasteiger partial charge in [-0.25, -0.2) is 0 Å². The Morgan fingerprint density at radius 1 is 1.46 bits per heavy atom. The molecule has 0 heterocycles. The molecule has 2 N–H and O–H groups in total. The number of nitrogens with one attached hydrogen (secondary N) is 1. The number of halogens is 3. The van der Waals surface area contributed by atoms with Gasteiger partial charge in [-0.05, 0) is 13.8 Å². The first-order valence-electron chi connectivity index (χ1n) is 3.66. The van der Waals surface area contributed by atoms with E-state index >= 15 is 0 Å². The van der Waals surface area contributed by atoms with Crippen LogP contribution in [0.5, 0.6) is 0 Å². The average Bonchev–Trinajstić information content (AvgIpc) is 1.98. The third-order valence-electron chi connectivity index (χ3n) is 1.48. The predicted molar refractivity (Wildman–Crippen MR) is 57.2 cm³/mol. The van der Waals surface area contributed by atoms with Gasteiger partial charge >= 0.3 is 0 Å². The zero-order chi connectivity index (χ0) is 10.7. The third-order valence-corrected chi connectivity index (χ3v) is 2.23. The summed E-state index contributed by atoms with van der Waals surface area (Å²) in [6.07, 6.45) is 4.13. The summed E-state index contributed by atoms with van der Waals surface area (Å²) in [6, 6.07) is 0. The number of rotatable bonds is 3. The molecule has 0 amide bonds. The number of β-amino-alcohol motifs (C(OH)–C–C–N with tert-alkyl or cyclic N) is 1. The van der Waals surface area contributed by atoms with E-state index in [-0.39, 0.29) is 6.54 Å². The molecular weight excluding hydrogens is 232 g/mol. The van der Waals surface area contributed by atoms with E-state index in [1.165, 1.54) is 0 Å². The summed E-state index contributed by atoms with van der Waals surface area (Å²) in [4.78, 5) is 0. The highest BCUT2D eigenvalue weighted by molar-refractivity contribution is 6.68. The molecule has 1 atom stereocenters. The molecule has 0 aromatic heterocycles. The number of aliphatic hydroxyl groups excluding tert-OH is 1. The highest BCUT2D eigenvalue weighted by Crippen LogP contribution is 2.29. The van der Waals surface area contributed by atoms with Gasteiger partial charge in [-0.15, -0.1) is 6.42 Å². The second-order valence-corrected chi connectivity index (χ2v) is 5.58. The molecule has 0 spiro atoms. The van der Waals surface area contributed by atoms with Crippen LogP contribution >= 0.6 is 34.8 Å². The Morgan fingerprint density at radius 2 is 1.92 bits per heavy atom. The predicted octanol–water partition coefficient (Wildman–Crippen LogP) is 1.72. The Morgan fingerprint density at radius 3 is 2.23 bits per heavy atom. The van der Waals surface area contributed by atoms with Crippen LogP contribution in [0, 0.1) is 12.3 Å². The molecule has 0 fully saturated rings. The summed E-state index contributed by atoms with van der Waals surface area (Å²) in [7, 11) is 0. The molecule has 76 valence electrons. The van der Waals surface area contributed by atoms with Gasteiger partial charge in [0.15, 0.2) is 0 Å². The molecule has 0 radical (unpaired) electrons. The first-order chi connectivity index (χ1) is 5.69. The van der Waals surface area contributed by atoms with E-state index in [1.807, 2.05) is 0 Å². The highest BCUT2D eigenvalue weighted by Gasteiger charge is 2.31. The lowest BCUT2D eigenvalue weighted by Crippen LogP contribution is -2.45. The first kappa shape index (κ1) is 13.4. The van der Waals surface area contributed by atoms with Crippen molar-refractivity contribution in [1.82, 2.24) is 5.32 Å². The van der Waals surface area contributed by atoms with Crippen LogP contribution in [0.3, 0.4) is 0 Å². The molecule has 0 aromatic rings. The van der Waals surface area contributed by atoms with E-state index in [0.717, 1.165) is 0 Å². The monoisotopic (exact) mass is 243 g/mol. The van der Waals surface area contributed by atoms with Crippen molar-refractivity contribution in [2.24, 2.45) is 0 Å². The Balaban J connectivity index is 3.99. The number of alkyl halides is 3. The van der Waals surface area contributed by atoms with Crippen molar-refractivity contribution < 1.29 is 5.11 Å². The maximum Gasteiger partial charge on any atom is 0.217 e. The van der Waals surface area contributed by atoms with E-state index in [2.05, 4.69) is 11.2 Å². The molecule has 1 unspecified atom stereocenters. The van der Waals surface area contributed by atoms with Crippen LogP contribution in [0.4, 0.5) is 0 Å². The van der Waals surface area contributed by atoms with Crippen LogP contribution in [-0.4, -0.2) is 27.1 Å². The Bertz CT molecular complexity index is 204. The van der Waals surface area contributed by atoms with E-state index in [9.17, 15) is 5.11 Å². The van der Waals surface area contributed by atoms with Gasteiger partial charge in [0.1, 0.15) is 6.10 Å². The maximum absolute atomic E-state index is 9.32. The smallest absolute Gasteiger partial charge is 0.217 e. The van der Waals surface area contributed by atoms with Crippen molar-refractivity contribution in [2.45, 2.75) is 29.3 Å². The molecular formula is C8H12Cl3NO.